The smallest absolute Gasteiger partial charge is 0.252 e. The predicted octanol–water partition coefficient (Wildman–Crippen LogP) is 2.90. The van der Waals surface area contributed by atoms with Gasteiger partial charge in [-0.3, -0.25) is 14.5 Å². The molecule has 0 radical (unpaired) electrons. The van der Waals surface area contributed by atoms with Gasteiger partial charge in [0, 0.05) is 12.2 Å². The van der Waals surface area contributed by atoms with Crippen molar-refractivity contribution in [2.45, 2.75) is 38.6 Å². The molecule has 1 fully saturated rings. The molecule has 1 aliphatic heterocycles. The van der Waals surface area contributed by atoms with Gasteiger partial charge in [-0.2, -0.15) is 0 Å². The van der Waals surface area contributed by atoms with Gasteiger partial charge in [-0.15, -0.1) is 0 Å². The third kappa shape index (κ3) is 4.69. The minimum atomic E-state index is -0.236. The van der Waals surface area contributed by atoms with E-state index in [-0.39, 0.29) is 17.9 Å². The molecule has 1 aromatic rings. The van der Waals surface area contributed by atoms with E-state index in [4.69, 9.17) is 11.6 Å². The van der Waals surface area contributed by atoms with Gasteiger partial charge in [-0.25, -0.2) is 0 Å². The normalized spacial score (nSPS) is 19.0. The van der Waals surface area contributed by atoms with E-state index in [0.29, 0.717) is 22.8 Å². The molecule has 1 unspecified atom stereocenters. The van der Waals surface area contributed by atoms with Crippen molar-refractivity contribution in [2.75, 3.05) is 25.5 Å². The number of benzene rings is 1. The van der Waals surface area contributed by atoms with Crippen LogP contribution in [0.5, 0.6) is 0 Å². The molecule has 0 aromatic heterocycles. The van der Waals surface area contributed by atoms with Gasteiger partial charge in [-0.05, 0) is 51.6 Å². The topological polar surface area (TPSA) is 61.4 Å². The zero-order valence-electron chi connectivity index (χ0n) is 13.7. The number of nitrogens with one attached hydrogen (secondary N) is 2. The lowest BCUT2D eigenvalue weighted by atomic mass is 10.1. The minimum Gasteiger partial charge on any atom is -0.352 e. The lowest BCUT2D eigenvalue weighted by Crippen LogP contribution is -2.41. The number of hydrogen-bond acceptors (Lipinski definition) is 3. The van der Waals surface area contributed by atoms with Crippen LogP contribution in [0.3, 0.4) is 0 Å². The summed E-state index contributed by atoms with van der Waals surface area (Å²) in [6.45, 7) is 3.31. The van der Waals surface area contributed by atoms with Crippen LogP contribution >= 0.6 is 11.6 Å². The van der Waals surface area contributed by atoms with Gasteiger partial charge in [0.25, 0.3) is 5.91 Å². The Morgan fingerprint density at radius 1 is 1.30 bits per heavy atom. The van der Waals surface area contributed by atoms with Crippen molar-refractivity contribution in [1.82, 2.24) is 10.2 Å². The Labute approximate surface area is 142 Å². The molecular weight excluding hydrogens is 314 g/mol. The van der Waals surface area contributed by atoms with E-state index in [1.165, 1.54) is 0 Å². The average Bonchev–Trinajstić information content (AvgIpc) is 2.74. The van der Waals surface area contributed by atoms with Crippen LogP contribution in [0.15, 0.2) is 18.2 Å². The number of nitrogens with zero attached hydrogens (tertiary/aromatic N) is 1. The van der Waals surface area contributed by atoms with E-state index in [1.807, 2.05) is 14.0 Å². The first-order chi connectivity index (χ1) is 11.0. The summed E-state index contributed by atoms with van der Waals surface area (Å²) in [5.41, 5.74) is 0.971. The molecule has 0 aliphatic carbocycles. The maximum atomic E-state index is 12.5. The first-order valence-electron chi connectivity index (χ1n) is 8.11. The van der Waals surface area contributed by atoms with Gasteiger partial charge in [0.05, 0.1) is 16.6 Å². The number of hydrogen-bond donors (Lipinski definition) is 2. The van der Waals surface area contributed by atoms with E-state index >= 15 is 0 Å². The fourth-order valence-electron chi connectivity index (χ4n) is 2.84. The summed E-state index contributed by atoms with van der Waals surface area (Å²) in [6.07, 6.45) is 4.21. The Morgan fingerprint density at radius 2 is 2.09 bits per heavy atom. The second-order valence-electron chi connectivity index (χ2n) is 5.89. The highest BCUT2D eigenvalue weighted by molar-refractivity contribution is 6.34. The summed E-state index contributed by atoms with van der Waals surface area (Å²) in [4.78, 5) is 26.6. The summed E-state index contributed by atoms with van der Waals surface area (Å²) in [5.74, 6) is -0.265. The van der Waals surface area contributed by atoms with Crippen LogP contribution in [-0.2, 0) is 4.79 Å². The van der Waals surface area contributed by atoms with Crippen molar-refractivity contribution in [3.05, 3.63) is 28.8 Å². The molecule has 2 N–H and O–H groups in total. The number of anilines is 1. The summed E-state index contributed by atoms with van der Waals surface area (Å²) in [7, 11) is 1.98. The molecule has 1 aliphatic rings. The molecule has 23 heavy (non-hydrogen) atoms. The van der Waals surface area contributed by atoms with Crippen LogP contribution < -0.4 is 10.6 Å². The molecule has 5 nitrogen and oxygen atoms in total. The average molecular weight is 338 g/mol. The number of rotatable bonds is 4. The fraction of sp³-hybridized carbons (Fsp3) is 0.529. The summed E-state index contributed by atoms with van der Waals surface area (Å²) >= 11 is 6.08. The van der Waals surface area contributed by atoms with Crippen LogP contribution in [0, 0.1) is 0 Å². The van der Waals surface area contributed by atoms with Crippen molar-refractivity contribution < 1.29 is 9.59 Å². The number of carbonyl (C=O) groups is 2. The molecule has 1 aromatic carbocycles. The molecule has 0 bridgehead atoms. The number of amides is 2. The molecule has 1 heterocycles. The standard InChI is InChI=1S/C17H24ClN3O2/c1-3-19-16(22)13-11-12(8-9-14(13)18)20-17(23)15-7-5-4-6-10-21(15)2/h8-9,11,15H,3-7,10H2,1-2H3,(H,19,22)(H,20,23). The first-order valence-corrected chi connectivity index (χ1v) is 8.49. The Kier molecular flexibility index (Phi) is 6.42. The number of likely N-dealkylation sites (tertiary alicyclic amines) is 1. The molecule has 2 rings (SSSR count). The molecule has 6 heteroatoms. The zero-order valence-corrected chi connectivity index (χ0v) is 14.4. The van der Waals surface area contributed by atoms with Crippen molar-refractivity contribution in [1.29, 1.82) is 0 Å². The lowest BCUT2D eigenvalue weighted by molar-refractivity contribution is -0.120. The van der Waals surface area contributed by atoms with Crippen molar-refractivity contribution in [3.63, 3.8) is 0 Å². The zero-order chi connectivity index (χ0) is 16.8. The highest BCUT2D eigenvalue weighted by atomic mass is 35.5. The van der Waals surface area contributed by atoms with E-state index in [2.05, 4.69) is 15.5 Å². The second kappa shape index (κ2) is 8.31. The van der Waals surface area contributed by atoms with Crippen LogP contribution in [0.2, 0.25) is 5.02 Å². The van der Waals surface area contributed by atoms with Gasteiger partial charge in [0.1, 0.15) is 0 Å². The van der Waals surface area contributed by atoms with E-state index in [1.54, 1.807) is 18.2 Å². The van der Waals surface area contributed by atoms with Gasteiger partial charge in [0.15, 0.2) is 0 Å². The predicted molar refractivity (Wildman–Crippen MR) is 93.0 cm³/mol. The van der Waals surface area contributed by atoms with Gasteiger partial charge in [-0.1, -0.05) is 24.4 Å². The van der Waals surface area contributed by atoms with E-state index in [9.17, 15) is 9.59 Å². The van der Waals surface area contributed by atoms with Crippen molar-refractivity contribution in [3.8, 4) is 0 Å². The first kappa shape index (κ1) is 17.8. The van der Waals surface area contributed by atoms with Crippen LogP contribution in [0.25, 0.3) is 0 Å². The molecule has 2 amide bonds. The van der Waals surface area contributed by atoms with Crippen LogP contribution in [0.1, 0.15) is 43.0 Å². The maximum Gasteiger partial charge on any atom is 0.252 e. The fourth-order valence-corrected chi connectivity index (χ4v) is 3.04. The molecule has 1 atom stereocenters. The largest absolute Gasteiger partial charge is 0.352 e. The highest BCUT2D eigenvalue weighted by Crippen LogP contribution is 2.22. The van der Waals surface area contributed by atoms with Gasteiger partial charge >= 0.3 is 0 Å². The molecule has 0 saturated carbocycles. The summed E-state index contributed by atoms with van der Waals surface area (Å²) in [6, 6.07) is 4.86. The van der Waals surface area contributed by atoms with E-state index < -0.39 is 0 Å². The van der Waals surface area contributed by atoms with E-state index in [0.717, 1.165) is 32.2 Å². The summed E-state index contributed by atoms with van der Waals surface area (Å²) in [5, 5.41) is 6.01. The third-order valence-corrected chi connectivity index (χ3v) is 4.47. The molecule has 0 spiro atoms. The molecular formula is C17H24ClN3O2. The van der Waals surface area contributed by atoms with Crippen LogP contribution in [0.4, 0.5) is 5.69 Å². The maximum absolute atomic E-state index is 12.5. The highest BCUT2D eigenvalue weighted by Gasteiger charge is 2.25. The summed E-state index contributed by atoms with van der Waals surface area (Å²) < 4.78 is 0. The quantitative estimate of drug-likeness (QED) is 0.888. The van der Waals surface area contributed by atoms with Gasteiger partial charge in [0.2, 0.25) is 5.91 Å². The Bertz CT molecular complexity index is 577. The number of halogens is 1. The molecule has 126 valence electrons. The monoisotopic (exact) mass is 337 g/mol. The van der Waals surface area contributed by atoms with Crippen LogP contribution in [-0.4, -0.2) is 42.9 Å². The van der Waals surface area contributed by atoms with Crippen molar-refractivity contribution >= 4 is 29.1 Å². The second-order valence-corrected chi connectivity index (χ2v) is 6.30. The Hall–Kier alpha value is -1.59. The number of likely N-dealkylation sites (N-methyl/N-ethyl adjacent to an activating group) is 1. The Morgan fingerprint density at radius 3 is 2.83 bits per heavy atom. The van der Waals surface area contributed by atoms with Gasteiger partial charge < -0.3 is 10.6 Å². The SMILES string of the molecule is CCNC(=O)c1cc(NC(=O)C2CCCCCN2C)ccc1Cl. The Balaban J connectivity index is 2.11. The minimum absolute atomic E-state index is 0.0291. The third-order valence-electron chi connectivity index (χ3n) is 4.14. The number of carbonyl (C=O) groups excluding carboxylic acids is 2. The molecule has 1 saturated heterocycles. The lowest BCUT2D eigenvalue weighted by Gasteiger charge is -2.24. The van der Waals surface area contributed by atoms with Crippen molar-refractivity contribution in [2.24, 2.45) is 0 Å².